The molecule has 1 rings (SSSR count). The first kappa shape index (κ1) is 23.3. The van der Waals surface area contributed by atoms with E-state index in [1.807, 2.05) is 13.8 Å². The Kier molecular flexibility index (Phi) is 8.64. The van der Waals surface area contributed by atoms with Crippen LogP contribution in [0.4, 0.5) is 0 Å². The molecule has 0 aromatic rings. The fourth-order valence-corrected chi connectivity index (χ4v) is 2.99. The number of thioether (sulfide) groups is 1. The van der Waals surface area contributed by atoms with Gasteiger partial charge >= 0.3 is 0 Å². The molecule has 1 heterocycles. The lowest BCUT2D eigenvalue weighted by atomic mass is 9.85. The van der Waals surface area contributed by atoms with E-state index in [-0.39, 0.29) is 29.8 Å². The molecule has 0 bridgehead atoms. The average molecular weight is 400 g/mol. The predicted octanol–water partition coefficient (Wildman–Crippen LogP) is 1.15. The quantitative estimate of drug-likeness (QED) is 0.357. The van der Waals surface area contributed by atoms with Crippen molar-refractivity contribution in [2.75, 3.05) is 18.9 Å². The summed E-state index contributed by atoms with van der Waals surface area (Å²) in [5.41, 5.74) is -0.501. The first-order valence-electron chi connectivity index (χ1n) is 8.64. The summed E-state index contributed by atoms with van der Waals surface area (Å²) < 4.78 is 11.3. The molecule has 2 N–H and O–H groups in total. The lowest BCUT2D eigenvalue weighted by Crippen LogP contribution is -2.55. The van der Waals surface area contributed by atoms with Crippen LogP contribution in [0.15, 0.2) is 12.3 Å². The van der Waals surface area contributed by atoms with Crippen LogP contribution in [-0.4, -0.2) is 53.5 Å². The van der Waals surface area contributed by atoms with Crippen LogP contribution >= 0.6 is 11.8 Å². The van der Waals surface area contributed by atoms with Crippen molar-refractivity contribution in [1.82, 2.24) is 10.6 Å². The molecule has 1 aliphatic rings. The maximum Gasteiger partial charge on any atom is 0.253 e. The van der Waals surface area contributed by atoms with Crippen LogP contribution in [0.25, 0.3) is 0 Å². The van der Waals surface area contributed by atoms with Crippen LogP contribution in [-0.2, 0) is 28.7 Å². The molecule has 0 aromatic carbocycles. The SMILES string of the molecule is CC(=O)CC(=O)SCCNC(=O)C=CNC(=O)[C@@H]1OC(C)(C)OCC1(C)C. The van der Waals surface area contributed by atoms with Gasteiger partial charge in [0.05, 0.1) is 13.0 Å². The summed E-state index contributed by atoms with van der Waals surface area (Å²) in [6, 6.07) is 0. The second-order valence-corrected chi connectivity index (χ2v) is 8.56. The van der Waals surface area contributed by atoms with Gasteiger partial charge in [-0.15, -0.1) is 0 Å². The van der Waals surface area contributed by atoms with Gasteiger partial charge in [0.1, 0.15) is 11.9 Å². The number of Topliss-reactive ketones (excluding diaryl/α,β-unsaturated/α-hetero) is 1. The topological polar surface area (TPSA) is 111 Å². The summed E-state index contributed by atoms with van der Waals surface area (Å²) in [7, 11) is 0. The molecule has 0 saturated carbocycles. The molecule has 152 valence electrons. The number of nitrogens with one attached hydrogen (secondary N) is 2. The van der Waals surface area contributed by atoms with Crippen molar-refractivity contribution in [3.05, 3.63) is 12.3 Å². The second kappa shape index (κ2) is 10.0. The summed E-state index contributed by atoms with van der Waals surface area (Å²) >= 11 is 0.997. The van der Waals surface area contributed by atoms with Crippen molar-refractivity contribution in [3.8, 4) is 0 Å². The number of carbonyl (C=O) groups excluding carboxylic acids is 4. The second-order valence-electron chi connectivity index (χ2n) is 7.41. The molecule has 0 spiro atoms. The van der Waals surface area contributed by atoms with E-state index in [1.54, 1.807) is 13.8 Å². The van der Waals surface area contributed by atoms with Crippen LogP contribution in [0, 0.1) is 5.41 Å². The Balaban J connectivity index is 2.36. The van der Waals surface area contributed by atoms with Gasteiger partial charge in [-0.3, -0.25) is 19.2 Å². The van der Waals surface area contributed by atoms with Crippen molar-refractivity contribution >= 4 is 34.5 Å². The molecule has 1 saturated heterocycles. The lowest BCUT2D eigenvalue weighted by molar-refractivity contribution is -0.303. The smallest absolute Gasteiger partial charge is 0.253 e. The molecule has 0 radical (unpaired) electrons. The number of ketones is 1. The molecule has 1 aliphatic heterocycles. The maximum atomic E-state index is 12.4. The summed E-state index contributed by atoms with van der Waals surface area (Å²) in [6.45, 7) is 9.22. The van der Waals surface area contributed by atoms with Gasteiger partial charge in [-0.2, -0.15) is 0 Å². The van der Waals surface area contributed by atoms with Crippen LogP contribution in [0.3, 0.4) is 0 Å². The van der Waals surface area contributed by atoms with E-state index < -0.39 is 23.2 Å². The normalized spacial score (nSPS) is 20.9. The fourth-order valence-electron chi connectivity index (χ4n) is 2.25. The molecule has 9 heteroatoms. The third-order valence-corrected chi connectivity index (χ3v) is 4.53. The summed E-state index contributed by atoms with van der Waals surface area (Å²) in [6.07, 6.45) is 1.63. The highest BCUT2D eigenvalue weighted by Crippen LogP contribution is 2.34. The largest absolute Gasteiger partial charge is 0.352 e. The lowest BCUT2D eigenvalue weighted by Gasteiger charge is -2.44. The van der Waals surface area contributed by atoms with Crippen LogP contribution in [0.2, 0.25) is 0 Å². The minimum absolute atomic E-state index is 0.105. The van der Waals surface area contributed by atoms with Gasteiger partial charge < -0.3 is 20.1 Å². The van der Waals surface area contributed by atoms with Crippen molar-refractivity contribution in [2.24, 2.45) is 5.41 Å². The standard InChI is InChI=1S/C18H28N2O6S/c1-12(21)10-14(23)27-9-8-19-13(22)6-7-20-16(24)15-17(2,3)11-25-18(4,5)26-15/h6-7,15H,8-11H2,1-5H3,(H,19,22)(H,20,24)/t15-/m0/s1. The Hall–Kier alpha value is -1.71. The first-order valence-corrected chi connectivity index (χ1v) is 9.63. The molecule has 0 aromatic heterocycles. The van der Waals surface area contributed by atoms with Gasteiger partial charge in [-0.1, -0.05) is 25.6 Å². The highest BCUT2D eigenvalue weighted by Gasteiger charge is 2.45. The number of rotatable bonds is 8. The Bertz CT molecular complexity index is 615. The maximum absolute atomic E-state index is 12.4. The third-order valence-electron chi connectivity index (χ3n) is 3.66. The zero-order chi connectivity index (χ0) is 20.7. The minimum Gasteiger partial charge on any atom is -0.352 e. The monoisotopic (exact) mass is 400 g/mol. The zero-order valence-corrected chi connectivity index (χ0v) is 17.2. The Labute approximate surface area is 163 Å². The molecule has 0 unspecified atom stereocenters. The number of hydrogen-bond donors (Lipinski definition) is 2. The Morgan fingerprint density at radius 2 is 1.85 bits per heavy atom. The van der Waals surface area contributed by atoms with Crippen LogP contribution in [0.5, 0.6) is 0 Å². The summed E-state index contributed by atoms with van der Waals surface area (Å²) in [4.78, 5) is 46.2. The van der Waals surface area contributed by atoms with Crippen molar-refractivity contribution < 1.29 is 28.7 Å². The van der Waals surface area contributed by atoms with Gasteiger partial charge in [0.2, 0.25) is 5.91 Å². The molecular weight excluding hydrogens is 372 g/mol. The minimum atomic E-state index is -0.851. The summed E-state index contributed by atoms with van der Waals surface area (Å²) in [5.74, 6) is -1.42. The number of ether oxygens (including phenoxy) is 2. The molecule has 8 nitrogen and oxygen atoms in total. The highest BCUT2D eigenvalue weighted by molar-refractivity contribution is 8.13. The van der Waals surface area contributed by atoms with Gasteiger partial charge in [0, 0.05) is 30.0 Å². The van der Waals surface area contributed by atoms with E-state index in [0.29, 0.717) is 12.4 Å². The fraction of sp³-hybridized carbons (Fsp3) is 0.667. The Morgan fingerprint density at radius 3 is 2.48 bits per heavy atom. The van der Waals surface area contributed by atoms with E-state index in [2.05, 4.69) is 10.6 Å². The average Bonchev–Trinajstić information content (AvgIpc) is 2.53. The van der Waals surface area contributed by atoms with Gasteiger partial charge in [-0.05, 0) is 20.8 Å². The van der Waals surface area contributed by atoms with Crippen LogP contribution in [0.1, 0.15) is 41.0 Å². The molecule has 1 fully saturated rings. The molecule has 1 atom stereocenters. The summed E-state index contributed by atoms with van der Waals surface area (Å²) in [5, 5.41) is 4.92. The third kappa shape index (κ3) is 8.68. The van der Waals surface area contributed by atoms with Crippen molar-refractivity contribution in [3.63, 3.8) is 0 Å². The number of hydrogen-bond acceptors (Lipinski definition) is 7. The van der Waals surface area contributed by atoms with E-state index in [9.17, 15) is 19.2 Å². The van der Waals surface area contributed by atoms with Crippen molar-refractivity contribution in [1.29, 1.82) is 0 Å². The van der Waals surface area contributed by atoms with E-state index in [4.69, 9.17) is 9.47 Å². The van der Waals surface area contributed by atoms with Crippen LogP contribution < -0.4 is 10.6 Å². The van der Waals surface area contributed by atoms with Crippen molar-refractivity contribution in [2.45, 2.75) is 52.9 Å². The van der Waals surface area contributed by atoms with E-state index in [0.717, 1.165) is 11.8 Å². The van der Waals surface area contributed by atoms with Gasteiger partial charge in [-0.25, -0.2) is 0 Å². The molecular formula is C18H28N2O6S. The van der Waals surface area contributed by atoms with Gasteiger partial charge in [0.25, 0.3) is 5.91 Å². The first-order chi connectivity index (χ1) is 12.4. The number of amides is 2. The highest BCUT2D eigenvalue weighted by atomic mass is 32.2. The zero-order valence-electron chi connectivity index (χ0n) is 16.4. The van der Waals surface area contributed by atoms with E-state index in [1.165, 1.54) is 19.2 Å². The molecule has 2 amide bonds. The van der Waals surface area contributed by atoms with Gasteiger partial charge in [0.15, 0.2) is 10.9 Å². The molecule has 27 heavy (non-hydrogen) atoms. The van der Waals surface area contributed by atoms with E-state index >= 15 is 0 Å². The Morgan fingerprint density at radius 1 is 1.19 bits per heavy atom. The molecule has 0 aliphatic carbocycles. The number of carbonyl (C=O) groups is 4. The predicted molar refractivity (Wildman–Crippen MR) is 102 cm³/mol.